The van der Waals surface area contributed by atoms with E-state index in [9.17, 15) is 4.79 Å². The normalized spacial score (nSPS) is 12.0. The van der Waals surface area contributed by atoms with E-state index in [-0.39, 0.29) is 5.56 Å². The van der Waals surface area contributed by atoms with E-state index in [4.69, 9.17) is 9.47 Å². The Morgan fingerprint density at radius 1 is 1.06 bits per heavy atom. The first-order valence-corrected chi connectivity index (χ1v) is 12.1. The molecule has 0 aliphatic rings. The Kier molecular flexibility index (Phi) is 5.84. The molecule has 0 fully saturated rings. The van der Waals surface area contributed by atoms with E-state index in [1.807, 2.05) is 79.7 Å². The van der Waals surface area contributed by atoms with Crippen molar-refractivity contribution in [1.29, 1.82) is 0 Å². The van der Waals surface area contributed by atoms with Gasteiger partial charge in [-0.25, -0.2) is 9.38 Å². The van der Waals surface area contributed by atoms with Crippen LogP contribution in [0.4, 0.5) is 0 Å². The third-order valence-electron chi connectivity index (χ3n) is 5.00. The molecular formula is C25H19IN2O3S. The highest BCUT2D eigenvalue weighted by molar-refractivity contribution is 14.1. The van der Waals surface area contributed by atoms with Gasteiger partial charge < -0.3 is 9.47 Å². The summed E-state index contributed by atoms with van der Waals surface area (Å²) in [6, 6.07) is 21.6. The lowest BCUT2D eigenvalue weighted by atomic mass is 10.2. The van der Waals surface area contributed by atoms with Gasteiger partial charge in [0, 0.05) is 0 Å². The summed E-state index contributed by atoms with van der Waals surface area (Å²) >= 11 is 3.64. The average Bonchev–Trinajstić information content (AvgIpc) is 3.30. The average molecular weight is 554 g/mol. The van der Waals surface area contributed by atoms with Crippen LogP contribution in [0.5, 0.6) is 11.5 Å². The number of thiazole rings is 1. The van der Waals surface area contributed by atoms with Crippen molar-refractivity contribution in [2.45, 2.75) is 13.5 Å². The predicted octanol–water partition coefficient (Wildman–Crippen LogP) is 5.04. The molecule has 3 aromatic carbocycles. The molecule has 7 heteroatoms. The Bertz CT molecular complexity index is 1530. The molecule has 0 atom stereocenters. The third kappa shape index (κ3) is 3.98. The van der Waals surface area contributed by atoms with Gasteiger partial charge in [-0.15, -0.1) is 0 Å². The van der Waals surface area contributed by atoms with E-state index in [0.29, 0.717) is 34.2 Å². The number of halogens is 1. The van der Waals surface area contributed by atoms with Crippen molar-refractivity contribution in [2.24, 2.45) is 0 Å². The van der Waals surface area contributed by atoms with Crippen LogP contribution in [0, 0.1) is 3.57 Å². The predicted molar refractivity (Wildman–Crippen MR) is 137 cm³/mol. The number of aromatic nitrogens is 2. The fraction of sp³-hybridized carbons (Fsp3) is 0.120. The second-order valence-electron chi connectivity index (χ2n) is 7.17. The number of rotatable bonds is 6. The van der Waals surface area contributed by atoms with Gasteiger partial charge in [0.2, 0.25) is 0 Å². The smallest absolute Gasteiger partial charge is 0.274 e. The standard InChI is InChI=1S/C25H19IN2O3S/c1-2-30-21-13-17(12-18(26)23(21)31-15-16-8-4-3-5-9-16)14-22-24(29)28-20-11-7-6-10-19(20)27-25(28)32-22/h3-14H,2,15H2,1H3. The summed E-state index contributed by atoms with van der Waals surface area (Å²) < 4.78 is 15.2. The molecule has 5 nitrogen and oxygen atoms in total. The molecule has 160 valence electrons. The van der Waals surface area contributed by atoms with Crippen LogP contribution < -0.4 is 19.6 Å². The summed E-state index contributed by atoms with van der Waals surface area (Å²) in [6.07, 6.45) is 1.89. The first-order chi connectivity index (χ1) is 15.6. The van der Waals surface area contributed by atoms with Crippen LogP contribution in [-0.4, -0.2) is 16.0 Å². The Morgan fingerprint density at radius 2 is 1.84 bits per heavy atom. The van der Waals surface area contributed by atoms with Gasteiger partial charge in [0.25, 0.3) is 5.56 Å². The van der Waals surface area contributed by atoms with Gasteiger partial charge in [-0.05, 0) is 71.0 Å². The fourth-order valence-electron chi connectivity index (χ4n) is 3.57. The Labute approximate surface area is 202 Å². The summed E-state index contributed by atoms with van der Waals surface area (Å²) in [5.74, 6) is 1.38. The highest BCUT2D eigenvalue weighted by Crippen LogP contribution is 2.35. The van der Waals surface area contributed by atoms with Crippen LogP contribution in [0.15, 0.2) is 71.5 Å². The molecule has 2 aromatic heterocycles. The zero-order valence-corrected chi connectivity index (χ0v) is 20.2. The van der Waals surface area contributed by atoms with Crippen LogP contribution in [0.2, 0.25) is 0 Å². The van der Waals surface area contributed by atoms with Gasteiger partial charge in [0.15, 0.2) is 16.5 Å². The maximum Gasteiger partial charge on any atom is 0.274 e. The number of fused-ring (bicyclic) bond motifs is 3. The number of para-hydroxylation sites is 2. The zero-order chi connectivity index (χ0) is 22.1. The summed E-state index contributed by atoms with van der Waals surface area (Å²) in [5.41, 5.74) is 3.58. The topological polar surface area (TPSA) is 52.8 Å². The highest BCUT2D eigenvalue weighted by atomic mass is 127. The number of benzene rings is 3. The van der Waals surface area contributed by atoms with E-state index >= 15 is 0 Å². The maximum absolute atomic E-state index is 13.1. The molecule has 0 aliphatic carbocycles. The van der Waals surface area contributed by atoms with Crippen molar-refractivity contribution in [3.05, 3.63) is 96.3 Å². The van der Waals surface area contributed by atoms with Crippen molar-refractivity contribution in [3.8, 4) is 11.5 Å². The number of nitrogens with zero attached hydrogens (tertiary/aromatic N) is 2. The molecule has 2 heterocycles. The molecule has 0 unspecified atom stereocenters. The number of imidazole rings is 1. The third-order valence-corrected chi connectivity index (χ3v) is 6.77. The molecule has 5 rings (SSSR count). The second-order valence-corrected chi connectivity index (χ2v) is 9.34. The van der Waals surface area contributed by atoms with Crippen molar-refractivity contribution in [1.82, 2.24) is 9.38 Å². The first kappa shape index (κ1) is 21.0. The van der Waals surface area contributed by atoms with Crippen LogP contribution in [0.25, 0.3) is 22.1 Å². The monoisotopic (exact) mass is 554 g/mol. The van der Waals surface area contributed by atoms with Crippen molar-refractivity contribution < 1.29 is 9.47 Å². The molecule has 0 spiro atoms. The summed E-state index contributed by atoms with van der Waals surface area (Å²) in [7, 11) is 0. The van der Waals surface area contributed by atoms with Crippen molar-refractivity contribution in [2.75, 3.05) is 6.61 Å². The molecule has 0 N–H and O–H groups in total. The second kappa shape index (κ2) is 8.91. The molecule has 0 radical (unpaired) electrons. The molecular weight excluding hydrogens is 535 g/mol. The van der Waals surface area contributed by atoms with Gasteiger partial charge in [-0.1, -0.05) is 53.8 Å². The Hall–Kier alpha value is -2.91. The quantitative estimate of drug-likeness (QED) is 0.276. The lowest BCUT2D eigenvalue weighted by Crippen LogP contribution is -2.22. The van der Waals surface area contributed by atoms with Gasteiger partial charge in [-0.3, -0.25) is 4.79 Å². The van der Waals surface area contributed by atoms with Gasteiger partial charge >= 0.3 is 0 Å². The summed E-state index contributed by atoms with van der Waals surface area (Å²) in [5, 5.41) is 0. The number of ether oxygens (including phenoxy) is 2. The molecule has 0 amide bonds. The van der Waals surface area contributed by atoms with Crippen LogP contribution >= 0.6 is 33.9 Å². The summed E-state index contributed by atoms with van der Waals surface area (Å²) in [4.78, 5) is 18.4. The summed E-state index contributed by atoms with van der Waals surface area (Å²) in [6.45, 7) is 2.92. The minimum absolute atomic E-state index is 0.0592. The van der Waals surface area contributed by atoms with Gasteiger partial charge in [-0.2, -0.15) is 0 Å². The Morgan fingerprint density at radius 3 is 2.66 bits per heavy atom. The highest BCUT2D eigenvalue weighted by Gasteiger charge is 2.14. The zero-order valence-electron chi connectivity index (χ0n) is 17.2. The van der Waals surface area contributed by atoms with Crippen LogP contribution in [-0.2, 0) is 6.61 Å². The molecule has 0 saturated heterocycles. The van der Waals surface area contributed by atoms with Gasteiger partial charge in [0.1, 0.15) is 6.61 Å². The molecule has 32 heavy (non-hydrogen) atoms. The first-order valence-electron chi connectivity index (χ1n) is 10.2. The van der Waals surface area contributed by atoms with E-state index in [1.165, 1.54) is 11.3 Å². The van der Waals surface area contributed by atoms with E-state index < -0.39 is 0 Å². The SMILES string of the molecule is CCOc1cc(C=c2sc3nc4ccccc4n3c2=O)cc(I)c1OCc1ccccc1. The minimum atomic E-state index is -0.0592. The van der Waals surface area contributed by atoms with Gasteiger partial charge in [0.05, 0.1) is 25.7 Å². The Balaban J connectivity index is 1.54. The van der Waals surface area contributed by atoms with E-state index in [1.54, 1.807) is 4.40 Å². The van der Waals surface area contributed by atoms with Crippen molar-refractivity contribution >= 4 is 56.0 Å². The van der Waals surface area contributed by atoms with E-state index in [0.717, 1.165) is 25.7 Å². The molecule has 5 aromatic rings. The van der Waals surface area contributed by atoms with Crippen molar-refractivity contribution in [3.63, 3.8) is 0 Å². The molecule has 0 saturated carbocycles. The lowest BCUT2D eigenvalue weighted by molar-refractivity contribution is 0.267. The molecule has 0 aliphatic heterocycles. The largest absolute Gasteiger partial charge is 0.490 e. The minimum Gasteiger partial charge on any atom is -0.490 e. The lowest BCUT2D eigenvalue weighted by Gasteiger charge is -2.14. The molecule has 0 bridgehead atoms. The maximum atomic E-state index is 13.1. The fourth-order valence-corrected chi connectivity index (χ4v) is 5.34. The van der Waals surface area contributed by atoms with Crippen LogP contribution in [0.3, 0.4) is 0 Å². The van der Waals surface area contributed by atoms with E-state index in [2.05, 4.69) is 27.6 Å². The number of hydrogen-bond acceptors (Lipinski definition) is 5. The number of hydrogen-bond donors (Lipinski definition) is 0. The van der Waals surface area contributed by atoms with Crippen LogP contribution in [0.1, 0.15) is 18.1 Å².